The minimum Gasteiger partial charge on any atom is -0.408 e. The van der Waals surface area contributed by atoms with Crippen LogP contribution in [0, 0.1) is 0 Å². The van der Waals surface area contributed by atoms with Gasteiger partial charge in [-0.2, -0.15) is 0 Å². The Morgan fingerprint density at radius 1 is 0.577 bits per heavy atom. The zero-order valence-corrected chi connectivity index (χ0v) is 13.4. The number of nitrogens with one attached hydrogen (secondary N) is 2. The number of benzene rings is 3. The Bertz CT molecular complexity index is 1260. The molecule has 0 atom stereocenters. The molecular formula is C20H12N2O4. The molecule has 0 aliphatic carbocycles. The summed E-state index contributed by atoms with van der Waals surface area (Å²) in [6, 6.07) is 18.9. The van der Waals surface area contributed by atoms with E-state index in [1.807, 2.05) is 48.5 Å². The molecule has 6 nitrogen and oxygen atoms in total. The average molecular weight is 344 g/mol. The number of oxazole rings is 2. The zero-order chi connectivity index (χ0) is 17.7. The maximum Gasteiger partial charge on any atom is 0.417 e. The lowest BCUT2D eigenvalue weighted by Gasteiger charge is -2.06. The standard InChI is InChI=1S/C20H12N2O4/c23-19-21-17-13(3-1-5-15(17)25-19)11-7-9-12(10-8-11)14-4-2-6-16-18(14)22-20(24)26-16/h1-10H,(H,21,23)(H,22,24). The van der Waals surface area contributed by atoms with E-state index in [0.29, 0.717) is 22.2 Å². The van der Waals surface area contributed by atoms with Crippen molar-refractivity contribution in [3.63, 3.8) is 0 Å². The number of para-hydroxylation sites is 2. The Labute approximate surface area is 145 Å². The number of fused-ring (bicyclic) bond motifs is 2. The van der Waals surface area contributed by atoms with Gasteiger partial charge in [-0.25, -0.2) is 9.59 Å². The normalized spacial score (nSPS) is 11.4. The van der Waals surface area contributed by atoms with Gasteiger partial charge < -0.3 is 8.83 Å². The quantitative estimate of drug-likeness (QED) is 0.508. The predicted octanol–water partition coefficient (Wildman–Crippen LogP) is 3.89. The van der Waals surface area contributed by atoms with Gasteiger partial charge in [-0.05, 0) is 23.3 Å². The third kappa shape index (κ3) is 2.20. The predicted molar refractivity (Wildman–Crippen MR) is 98.1 cm³/mol. The molecule has 26 heavy (non-hydrogen) atoms. The molecule has 0 amide bonds. The highest BCUT2D eigenvalue weighted by Crippen LogP contribution is 2.31. The summed E-state index contributed by atoms with van der Waals surface area (Å²) in [5, 5.41) is 0. The minimum absolute atomic E-state index is 0.473. The molecule has 0 unspecified atom stereocenters. The molecule has 6 heteroatoms. The maximum atomic E-state index is 11.5. The molecular weight excluding hydrogens is 332 g/mol. The molecule has 0 saturated heterocycles. The second-order valence-corrected chi connectivity index (χ2v) is 5.96. The monoisotopic (exact) mass is 344 g/mol. The van der Waals surface area contributed by atoms with Gasteiger partial charge in [0.2, 0.25) is 0 Å². The van der Waals surface area contributed by atoms with E-state index in [0.717, 1.165) is 22.3 Å². The van der Waals surface area contributed by atoms with Crippen molar-refractivity contribution >= 4 is 22.2 Å². The van der Waals surface area contributed by atoms with Crippen molar-refractivity contribution < 1.29 is 8.83 Å². The minimum atomic E-state index is -0.473. The highest BCUT2D eigenvalue weighted by molar-refractivity contribution is 5.93. The van der Waals surface area contributed by atoms with Gasteiger partial charge in [0.1, 0.15) is 0 Å². The van der Waals surface area contributed by atoms with E-state index in [1.54, 1.807) is 12.1 Å². The van der Waals surface area contributed by atoms with Crippen molar-refractivity contribution in [3.05, 3.63) is 81.8 Å². The lowest BCUT2D eigenvalue weighted by atomic mass is 9.99. The Morgan fingerprint density at radius 2 is 1.00 bits per heavy atom. The van der Waals surface area contributed by atoms with E-state index in [9.17, 15) is 9.59 Å². The molecule has 0 fully saturated rings. The number of hydrogen-bond donors (Lipinski definition) is 2. The molecule has 2 heterocycles. The van der Waals surface area contributed by atoms with Gasteiger partial charge in [0.15, 0.2) is 11.2 Å². The number of aromatic nitrogens is 2. The van der Waals surface area contributed by atoms with Crippen LogP contribution in [0.5, 0.6) is 0 Å². The number of H-pyrrole nitrogens is 2. The molecule has 0 bridgehead atoms. The van der Waals surface area contributed by atoms with Gasteiger partial charge in [0.05, 0.1) is 11.0 Å². The summed E-state index contributed by atoms with van der Waals surface area (Å²) in [5.74, 6) is -0.945. The second kappa shape index (κ2) is 5.35. The first-order valence-electron chi connectivity index (χ1n) is 8.03. The first kappa shape index (κ1) is 14.5. The first-order valence-corrected chi connectivity index (χ1v) is 8.03. The summed E-state index contributed by atoms with van der Waals surface area (Å²) in [4.78, 5) is 28.4. The lowest BCUT2D eigenvalue weighted by molar-refractivity contribution is 0.555. The van der Waals surface area contributed by atoms with Crippen molar-refractivity contribution in [2.75, 3.05) is 0 Å². The van der Waals surface area contributed by atoms with Crippen molar-refractivity contribution in [1.82, 2.24) is 9.97 Å². The second-order valence-electron chi connectivity index (χ2n) is 5.96. The highest BCUT2D eigenvalue weighted by Gasteiger charge is 2.11. The summed E-state index contributed by atoms with van der Waals surface area (Å²) < 4.78 is 10.2. The van der Waals surface area contributed by atoms with Crippen molar-refractivity contribution in [1.29, 1.82) is 0 Å². The fraction of sp³-hybridized carbons (Fsp3) is 0. The van der Waals surface area contributed by atoms with Crippen molar-refractivity contribution in [2.45, 2.75) is 0 Å². The van der Waals surface area contributed by atoms with Crippen LogP contribution in [0.15, 0.2) is 79.1 Å². The maximum absolute atomic E-state index is 11.5. The Morgan fingerprint density at radius 3 is 1.42 bits per heavy atom. The summed E-state index contributed by atoms with van der Waals surface area (Å²) in [7, 11) is 0. The Hall–Kier alpha value is -3.80. The van der Waals surface area contributed by atoms with E-state index >= 15 is 0 Å². The molecule has 0 radical (unpaired) electrons. The fourth-order valence-electron chi connectivity index (χ4n) is 3.26. The molecule has 0 aliphatic rings. The van der Waals surface area contributed by atoms with Crippen molar-refractivity contribution in [2.24, 2.45) is 0 Å². The van der Waals surface area contributed by atoms with Crippen LogP contribution < -0.4 is 11.5 Å². The Balaban J connectivity index is 1.64. The van der Waals surface area contributed by atoms with Crippen LogP contribution >= 0.6 is 0 Å². The third-order valence-electron chi connectivity index (χ3n) is 4.42. The number of aromatic amines is 2. The molecule has 3 aromatic carbocycles. The van der Waals surface area contributed by atoms with Crippen LogP contribution in [0.3, 0.4) is 0 Å². The van der Waals surface area contributed by atoms with E-state index < -0.39 is 11.5 Å². The van der Waals surface area contributed by atoms with E-state index in [2.05, 4.69) is 9.97 Å². The zero-order valence-electron chi connectivity index (χ0n) is 13.4. The van der Waals surface area contributed by atoms with Gasteiger partial charge in [0, 0.05) is 11.1 Å². The average Bonchev–Trinajstić information content (AvgIpc) is 3.22. The van der Waals surface area contributed by atoms with Crippen LogP contribution in [0.2, 0.25) is 0 Å². The molecule has 2 aromatic heterocycles. The highest BCUT2D eigenvalue weighted by atomic mass is 16.4. The van der Waals surface area contributed by atoms with Gasteiger partial charge in [-0.3, -0.25) is 9.97 Å². The Kier molecular flexibility index (Phi) is 2.99. The van der Waals surface area contributed by atoms with Gasteiger partial charge >= 0.3 is 11.5 Å². The summed E-state index contributed by atoms with van der Waals surface area (Å²) in [6.45, 7) is 0. The molecule has 126 valence electrons. The van der Waals surface area contributed by atoms with Gasteiger partial charge in [0.25, 0.3) is 0 Å². The lowest BCUT2D eigenvalue weighted by Crippen LogP contribution is -1.94. The number of hydrogen-bond acceptors (Lipinski definition) is 4. The van der Waals surface area contributed by atoms with Gasteiger partial charge in [-0.1, -0.05) is 48.5 Å². The van der Waals surface area contributed by atoms with Crippen LogP contribution in [-0.4, -0.2) is 9.97 Å². The van der Waals surface area contributed by atoms with E-state index in [1.165, 1.54) is 0 Å². The topological polar surface area (TPSA) is 92.0 Å². The molecule has 2 N–H and O–H groups in total. The van der Waals surface area contributed by atoms with Crippen LogP contribution in [0.4, 0.5) is 0 Å². The number of rotatable bonds is 2. The summed E-state index contributed by atoms with van der Waals surface area (Å²) >= 11 is 0. The van der Waals surface area contributed by atoms with Crippen LogP contribution in [0.1, 0.15) is 0 Å². The smallest absolute Gasteiger partial charge is 0.408 e. The third-order valence-corrected chi connectivity index (χ3v) is 4.42. The molecule has 0 saturated carbocycles. The van der Waals surface area contributed by atoms with E-state index in [-0.39, 0.29) is 0 Å². The molecule has 0 aliphatic heterocycles. The van der Waals surface area contributed by atoms with Crippen molar-refractivity contribution in [3.8, 4) is 22.3 Å². The SMILES string of the molecule is O=c1[nH]c2c(-c3ccc(-c4cccc5oc(=O)[nH]c45)cc3)cccc2o1. The van der Waals surface area contributed by atoms with E-state index in [4.69, 9.17) is 8.83 Å². The van der Waals surface area contributed by atoms with Crippen LogP contribution in [0.25, 0.3) is 44.5 Å². The summed E-state index contributed by atoms with van der Waals surface area (Å²) in [6.07, 6.45) is 0. The largest absolute Gasteiger partial charge is 0.417 e. The van der Waals surface area contributed by atoms with Crippen LogP contribution in [-0.2, 0) is 0 Å². The first-order chi connectivity index (χ1) is 12.7. The fourth-order valence-corrected chi connectivity index (χ4v) is 3.26. The summed E-state index contributed by atoms with van der Waals surface area (Å²) in [5.41, 5.74) is 6.06. The van der Waals surface area contributed by atoms with Gasteiger partial charge in [-0.15, -0.1) is 0 Å². The molecule has 5 aromatic rings. The molecule has 5 rings (SSSR count). The molecule has 0 spiro atoms.